The van der Waals surface area contributed by atoms with Gasteiger partial charge in [0.2, 0.25) is 5.95 Å². The summed E-state index contributed by atoms with van der Waals surface area (Å²) in [5.74, 6) is 2.32. The monoisotopic (exact) mass is 387 g/mol. The molecular weight excluding hydrogens is 362 g/mol. The molecule has 3 aromatic rings. The van der Waals surface area contributed by atoms with E-state index in [-0.39, 0.29) is 5.95 Å². The van der Waals surface area contributed by atoms with Crippen molar-refractivity contribution in [3.63, 3.8) is 0 Å². The molecule has 0 atom stereocenters. The molecule has 0 bridgehead atoms. The summed E-state index contributed by atoms with van der Waals surface area (Å²) in [5.41, 5.74) is 10.7. The zero-order valence-corrected chi connectivity index (χ0v) is 16.6. The van der Waals surface area contributed by atoms with Gasteiger partial charge in [-0.25, -0.2) is 4.98 Å². The zero-order chi connectivity index (χ0) is 19.2. The van der Waals surface area contributed by atoms with Gasteiger partial charge in [0.05, 0.1) is 12.6 Å². The van der Waals surface area contributed by atoms with Gasteiger partial charge >= 0.3 is 0 Å². The first-order chi connectivity index (χ1) is 13.1. The van der Waals surface area contributed by atoms with E-state index in [1.165, 1.54) is 12.8 Å². The largest absolute Gasteiger partial charge is 0.496 e. The van der Waals surface area contributed by atoms with Gasteiger partial charge in [-0.05, 0) is 29.7 Å². The van der Waals surface area contributed by atoms with E-state index in [4.69, 9.17) is 22.1 Å². The number of nitrogens with one attached hydrogen (secondary N) is 2. The maximum atomic E-state index is 5.92. The third kappa shape index (κ3) is 4.63. The number of aromatic amines is 1. The highest BCUT2D eigenvalue weighted by molar-refractivity contribution is 6.17. The van der Waals surface area contributed by atoms with Gasteiger partial charge in [-0.3, -0.25) is 0 Å². The van der Waals surface area contributed by atoms with Crippen LogP contribution in [0.4, 0.5) is 11.8 Å². The quantitative estimate of drug-likeness (QED) is 0.372. The predicted octanol–water partition coefficient (Wildman–Crippen LogP) is 4.48. The van der Waals surface area contributed by atoms with Crippen molar-refractivity contribution in [2.24, 2.45) is 0 Å². The minimum atomic E-state index is 0.273. The fourth-order valence-corrected chi connectivity index (χ4v) is 3.28. The van der Waals surface area contributed by atoms with Gasteiger partial charge in [-0.1, -0.05) is 31.9 Å². The number of benzene rings is 1. The van der Waals surface area contributed by atoms with Gasteiger partial charge in [-0.2, -0.15) is 4.98 Å². The second-order valence-corrected chi connectivity index (χ2v) is 6.84. The second-order valence-electron chi connectivity index (χ2n) is 6.58. The van der Waals surface area contributed by atoms with Gasteiger partial charge in [0, 0.05) is 24.5 Å². The molecule has 0 spiro atoms. The number of nitrogens with two attached hydrogens (primary N) is 1. The summed E-state index contributed by atoms with van der Waals surface area (Å²) < 4.78 is 5.52. The zero-order valence-electron chi connectivity index (χ0n) is 15.8. The van der Waals surface area contributed by atoms with Crippen LogP contribution in [-0.2, 0) is 12.3 Å². The second kappa shape index (κ2) is 8.95. The van der Waals surface area contributed by atoms with E-state index >= 15 is 0 Å². The minimum absolute atomic E-state index is 0.273. The first-order valence-corrected chi connectivity index (χ1v) is 9.78. The van der Waals surface area contributed by atoms with Crippen LogP contribution in [0.15, 0.2) is 24.3 Å². The molecule has 3 rings (SSSR count). The van der Waals surface area contributed by atoms with Crippen LogP contribution in [0.5, 0.6) is 5.75 Å². The molecule has 0 aliphatic rings. The van der Waals surface area contributed by atoms with Crippen molar-refractivity contribution in [2.75, 3.05) is 24.7 Å². The lowest BCUT2D eigenvalue weighted by molar-refractivity contribution is 0.410. The SMILES string of the molecule is CCCCCNc1nc(N)nc2cc(Cc3ccc(CCl)cc3OC)[nH]c12. The molecule has 6 nitrogen and oxygen atoms in total. The van der Waals surface area contributed by atoms with E-state index in [9.17, 15) is 0 Å². The number of H-pyrrole nitrogens is 1. The molecule has 0 aliphatic carbocycles. The van der Waals surface area contributed by atoms with Crippen LogP contribution in [0.25, 0.3) is 11.0 Å². The average molecular weight is 388 g/mol. The Morgan fingerprint density at radius 3 is 2.81 bits per heavy atom. The number of nitrogen functional groups attached to an aromatic ring is 1. The lowest BCUT2D eigenvalue weighted by Gasteiger charge is -2.09. The summed E-state index contributed by atoms with van der Waals surface area (Å²) >= 11 is 5.92. The molecule has 0 unspecified atom stereocenters. The lowest BCUT2D eigenvalue weighted by Crippen LogP contribution is -2.06. The molecule has 4 N–H and O–H groups in total. The van der Waals surface area contributed by atoms with Crippen molar-refractivity contribution < 1.29 is 4.74 Å². The number of unbranched alkanes of at least 4 members (excludes halogenated alkanes) is 2. The molecule has 0 saturated carbocycles. The Morgan fingerprint density at radius 1 is 1.22 bits per heavy atom. The molecule has 0 amide bonds. The summed E-state index contributed by atoms with van der Waals surface area (Å²) in [6.07, 6.45) is 4.15. The number of anilines is 2. The summed E-state index contributed by atoms with van der Waals surface area (Å²) in [6, 6.07) is 8.06. The highest BCUT2D eigenvalue weighted by atomic mass is 35.5. The van der Waals surface area contributed by atoms with Crippen LogP contribution in [0.1, 0.15) is 43.0 Å². The highest BCUT2D eigenvalue weighted by Gasteiger charge is 2.12. The van der Waals surface area contributed by atoms with Crippen molar-refractivity contribution in [1.82, 2.24) is 15.0 Å². The highest BCUT2D eigenvalue weighted by Crippen LogP contribution is 2.27. The number of fused-ring (bicyclic) bond motifs is 1. The van der Waals surface area contributed by atoms with Crippen molar-refractivity contribution in [2.45, 2.75) is 38.5 Å². The summed E-state index contributed by atoms with van der Waals surface area (Å²) in [6.45, 7) is 3.05. The summed E-state index contributed by atoms with van der Waals surface area (Å²) in [5, 5.41) is 3.38. The maximum Gasteiger partial charge on any atom is 0.222 e. The summed E-state index contributed by atoms with van der Waals surface area (Å²) in [7, 11) is 1.67. The van der Waals surface area contributed by atoms with E-state index in [0.29, 0.717) is 12.3 Å². The number of nitrogens with zero attached hydrogens (tertiary/aromatic N) is 2. The number of ether oxygens (including phenoxy) is 1. The number of hydrogen-bond donors (Lipinski definition) is 3. The summed E-state index contributed by atoms with van der Waals surface area (Å²) in [4.78, 5) is 12.2. The fourth-order valence-electron chi connectivity index (χ4n) is 3.11. The predicted molar refractivity (Wildman–Crippen MR) is 112 cm³/mol. The average Bonchev–Trinajstić information content (AvgIpc) is 3.07. The Morgan fingerprint density at radius 2 is 2.07 bits per heavy atom. The van der Waals surface area contributed by atoms with E-state index < -0.39 is 0 Å². The van der Waals surface area contributed by atoms with Gasteiger partial charge in [0.25, 0.3) is 0 Å². The number of rotatable bonds is 9. The molecule has 7 heteroatoms. The first kappa shape index (κ1) is 19.3. The van der Waals surface area contributed by atoms with E-state index in [1.807, 2.05) is 24.3 Å². The first-order valence-electron chi connectivity index (χ1n) is 9.25. The molecule has 144 valence electrons. The molecule has 0 fully saturated rings. The molecule has 27 heavy (non-hydrogen) atoms. The molecule has 0 radical (unpaired) electrons. The number of hydrogen-bond acceptors (Lipinski definition) is 5. The fraction of sp³-hybridized carbons (Fsp3) is 0.400. The van der Waals surface area contributed by atoms with Crippen LogP contribution < -0.4 is 15.8 Å². The van der Waals surface area contributed by atoms with Crippen LogP contribution in [0.3, 0.4) is 0 Å². The molecule has 1 aromatic carbocycles. The van der Waals surface area contributed by atoms with Gasteiger partial charge in [-0.15, -0.1) is 11.6 Å². The van der Waals surface area contributed by atoms with E-state index in [2.05, 4.69) is 27.2 Å². The molecule has 0 aliphatic heterocycles. The normalized spacial score (nSPS) is 11.1. The number of alkyl halides is 1. The third-order valence-corrected chi connectivity index (χ3v) is 4.82. The van der Waals surface area contributed by atoms with Gasteiger partial charge in [0.1, 0.15) is 11.3 Å². The third-order valence-electron chi connectivity index (χ3n) is 4.51. The van der Waals surface area contributed by atoms with Crippen LogP contribution in [0, 0.1) is 0 Å². The van der Waals surface area contributed by atoms with Crippen molar-refractivity contribution >= 4 is 34.4 Å². The Hall–Kier alpha value is -2.47. The van der Waals surface area contributed by atoms with Crippen LogP contribution in [0.2, 0.25) is 0 Å². The standard InChI is InChI=1S/C20H26ClN5O/c1-3-4-5-8-23-19-18-16(25-20(22)26-19)11-15(24-18)10-14-7-6-13(12-21)9-17(14)27-2/h6-7,9,11,24H,3-5,8,10,12H2,1-2H3,(H3,22,23,25,26). The topological polar surface area (TPSA) is 88.8 Å². The number of aromatic nitrogens is 3. The smallest absolute Gasteiger partial charge is 0.222 e. The van der Waals surface area contributed by atoms with Crippen molar-refractivity contribution in [3.05, 3.63) is 41.1 Å². The Bertz CT molecular complexity index is 909. The minimum Gasteiger partial charge on any atom is -0.496 e. The molecule has 2 heterocycles. The lowest BCUT2D eigenvalue weighted by atomic mass is 10.1. The number of halogens is 1. The van der Waals surface area contributed by atoms with Gasteiger partial charge in [0.15, 0.2) is 5.82 Å². The Labute approximate surface area is 164 Å². The number of methoxy groups -OCH3 is 1. The molecular formula is C20H26ClN5O. The van der Waals surface area contributed by atoms with E-state index in [0.717, 1.165) is 52.4 Å². The molecule has 2 aromatic heterocycles. The Kier molecular flexibility index (Phi) is 6.40. The Balaban J connectivity index is 1.86. The maximum absolute atomic E-state index is 5.92. The van der Waals surface area contributed by atoms with Crippen molar-refractivity contribution in [3.8, 4) is 5.75 Å². The van der Waals surface area contributed by atoms with Crippen LogP contribution >= 0.6 is 11.6 Å². The van der Waals surface area contributed by atoms with Gasteiger partial charge < -0.3 is 20.8 Å². The molecule has 0 saturated heterocycles. The van der Waals surface area contributed by atoms with Crippen molar-refractivity contribution in [1.29, 1.82) is 0 Å². The van der Waals surface area contributed by atoms with Crippen LogP contribution in [-0.4, -0.2) is 28.6 Å². The van der Waals surface area contributed by atoms with E-state index in [1.54, 1.807) is 7.11 Å².